The molecular formula is C12H22N4O2. The number of hydrogen-bond acceptors (Lipinski definition) is 4. The van der Waals surface area contributed by atoms with E-state index in [4.69, 9.17) is 10.5 Å². The van der Waals surface area contributed by atoms with Crippen molar-refractivity contribution >= 4 is 11.6 Å². The number of H-pyrrole nitrogens is 1. The Bertz CT molecular complexity index is 414. The summed E-state index contributed by atoms with van der Waals surface area (Å²) in [7, 11) is 3.32. The van der Waals surface area contributed by atoms with E-state index in [-0.39, 0.29) is 23.6 Å². The van der Waals surface area contributed by atoms with Crippen molar-refractivity contribution in [1.82, 2.24) is 15.1 Å². The van der Waals surface area contributed by atoms with Gasteiger partial charge in [0.05, 0.1) is 24.0 Å². The molecule has 0 aliphatic carbocycles. The average Bonchev–Trinajstić information content (AvgIpc) is 2.69. The van der Waals surface area contributed by atoms with Gasteiger partial charge in [0.25, 0.3) is 5.91 Å². The SMILES string of the molecule is COCC(C)N(C)C(=O)c1n[nH]c(C(C)C)c1N. The van der Waals surface area contributed by atoms with Crippen LogP contribution in [-0.2, 0) is 4.74 Å². The minimum absolute atomic E-state index is 0.0268. The van der Waals surface area contributed by atoms with E-state index in [1.807, 2.05) is 20.8 Å². The van der Waals surface area contributed by atoms with Crippen LogP contribution in [0.1, 0.15) is 42.9 Å². The van der Waals surface area contributed by atoms with E-state index in [0.29, 0.717) is 12.3 Å². The minimum Gasteiger partial charge on any atom is -0.395 e. The number of aromatic amines is 1. The number of methoxy groups -OCH3 is 1. The molecule has 1 rings (SSSR count). The zero-order valence-corrected chi connectivity index (χ0v) is 11.7. The first kappa shape index (κ1) is 14.5. The molecule has 1 amide bonds. The Morgan fingerprint density at radius 1 is 1.50 bits per heavy atom. The van der Waals surface area contributed by atoms with Crippen LogP contribution in [0.25, 0.3) is 0 Å². The average molecular weight is 254 g/mol. The number of nitrogen functional groups attached to an aromatic ring is 1. The molecule has 0 fully saturated rings. The molecule has 0 aliphatic heterocycles. The Labute approximate surface area is 107 Å². The van der Waals surface area contributed by atoms with Crippen molar-refractivity contribution < 1.29 is 9.53 Å². The van der Waals surface area contributed by atoms with Crippen molar-refractivity contribution in [2.75, 3.05) is 26.5 Å². The molecule has 1 unspecified atom stereocenters. The monoisotopic (exact) mass is 254 g/mol. The summed E-state index contributed by atoms with van der Waals surface area (Å²) in [4.78, 5) is 13.8. The third-order valence-corrected chi connectivity index (χ3v) is 3.00. The Kier molecular flexibility index (Phi) is 4.72. The molecule has 0 spiro atoms. The van der Waals surface area contributed by atoms with Gasteiger partial charge in [0.2, 0.25) is 0 Å². The number of rotatable bonds is 5. The third kappa shape index (κ3) is 2.81. The van der Waals surface area contributed by atoms with Gasteiger partial charge in [0.1, 0.15) is 0 Å². The van der Waals surface area contributed by atoms with Crippen molar-refractivity contribution in [3.05, 3.63) is 11.4 Å². The lowest BCUT2D eigenvalue weighted by Gasteiger charge is -2.23. The van der Waals surface area contributed by atoms with Gasteiger partial charge in [-0.2, -0.15) is 5.10 Å². The van der Waals surface area contributed by atoms with E-state index in [9.17, 15) is 4.79 Å². The van der Waals surface area contributed by atoms with E-state index >= 15 is 0 Å². The Morgan fingerprint density at radius 3 is 2.56 bits per heavy atom. The lowest BCUT2D eigenvalue weighted by Crippen LogP contribution is -2.38. The number of ether oxygens (including phenoxy) is 1. The van der Waals surface area contributed by atoms with Crippen LogP contribution < -0.4 is 5.73 Å². The molecule has 0 aromatic carbocycles. The van der Waals surface area contributed by atoms with Gasteiger partial charge in [0.15, 0.2) is 5.69 Å². The largest absolute Gasteiger partial charge is 0.395 e. The second kappa shape index (κ2) is 5.86. The van der Waals surface area contributed by atoms with Crippen LogP contribution in [0.5, 0.6) is 0 Å². The van der Waals surface area contributed by atoms with Gasteiger partial charge in [-0.1, -0.05) is 13.8 Å². The van der Waals surface area contributed by atoms with Gasteiger partial charge in [-0.05, 0) is 12.8 Å². The number of carbonyl (C=O) groups is 1. The molecule has 0 radical (unpaired) electrons. The highest BCUT2D eigenvalue weighted by Gasteiger charge is 2.24. The summed E-state index contributed by atoms with van der Waals surface area (Å²) in [5.74, 6) is 0.0148. The van der Waals surface area contributed by atoms with Crippen LogP contribution >= 0.6 is 0 Å². The molecular weight excluding hydrogens is 232 g/mol. The van der Waals surface area contributed by atoms with E-state index < -0.39 is 0 Å². The van der Waals surface area contributed by atoms with Crippen molar-refractivity contribution in [2.24, 2.45) is 0 Å². The zero-order valence-electron chi connectivity index (χ0n) is 11.7. The molecule has 1 heterocycles. The normalized spacial score (nSPS) is 12.8. The second-order valence-corrected chi connectivity index (χ2v) is 4.77. The molecule has 1 aromatic heterocycles. The topological polar surface area (TPSA) is 84.2 Å². The summed E-state index contributed by atoms with van der Waals surface area (Å²) in [5.41, 5.74) is 7.46. The second-order valence-electron chi connectivity index (χ2n) is 4.77. The molecule has 6 nitrogen and oxygen atoms in total. The summed E-state index contributed by atoms with van der Waals surface area (Å²) < 4.78 is 5.03. The highest BCUT2D eigenvalue weighted by atomic mass is 16.5. The van der Waals surface area contributed by atoms with Crippen LogP contribution in [0.4, 0.5) is 5.69 Å². The molecule has 102 valence electrons. The Morgan fingerprint density at radius 2 is 2.11 bits per heavy atom. The van der Waals surface area contributed by atoms with E-state index in [2.05, 4.69) is 10.2 Å². The number of hydrogen-bond donors (Lipinski definition) is 2. The fourth-order valence-electron chi connectivity index (χ4n) is 1.69. The van der Waals surface area contributed by atoms with Crippen molar-refractivity contribution in [2.45, 2.75) is 32.7 Å². The first-order valence-corrected chi connectivity index (χ1v) is 5.99. The summed E-state index contributed by atoms with van der Waals surface area (Å²) in [6.07, 6.45) is 0. The van der Waals surface area contributed by atoms with Crippen molar-refractivity contribution in [1.29, 1.82) is 0 Å². The highest BCUT2D eigenvalue weighted by Crippen LogP contribution is 2.23. The highest BCUT2D eigenvalue weighted by molar-refractivity contribution is 5.97. The number of nitrogens with two attached hydrogens (primary N) is 1. The fraction of sp³-hybridized carbons (Fsp3) is 0.667. The summed E-state index contributed by atoms with van der Waals surface area (Å²) in [5, 5.41) is 6.84. The van der Waals surface area contributed by atoms with Gasteiger partial charge < -0.3 is 15.4 Å². The van der Waals surface area contributed by atoms with Crippen LogP contribution in [0.2, 0.25) is 0 Å². The van der Waals surface area contributed by atoms with Gasteiger partial charge in [-0.3, -0.25) is 9.89 Å². The summed E-state index contributed by atoms with van der Waals surface area (Å²) in [6, 6.07) is -0.0268. The van der Waals surface area contributed by atoms with Crippen LogP contribution in [-0.4, -0.2) is 47.8 Å². The third-order valence-electron chi connectivity index (χ3n) is 3.00. The van der Waals surface area contributed by atoms with Gasteiger partial charge in [-0.25, -0.2) is 0 Å². The predicted molar refractivity (Wildman–Crippen MR) is 70.5 cm³/mol. The summed E-state index contributed by atoms with van der Waals surface area (Å²) >= 11 is 0. The van der Waals surface area contributed by atoms with Gasteiger partial charge >= 0.3 is 0 Å². The lowest BCUT2D eigenvalue weighted by molar-refractivity contribution is 0.0629. The Hall–Kier alpha value is -1.56. The first-order valence-electron chi connectivity index (χ1n) is 5.99. The van der Waals surface area contributed by atoms with Crippen molar-refractivity contribution in [3.8, 4) is 0 Å². The van der Waals surface area contributed by atoms with Crippen LogP contribution in [0, 0.1) is 0 Å². The molecule has 0 saturated heterocycles. The molecule has 0 aliphatic rings. The standard InChI is InChI=1S/C12H22N4O2/c1-7(2)10-9(13)11(15-14-10)12(17)16(4)8(3)6-18-5/h7-8H,6,13H2,1-5H3,(H,14,15). The number of aromatic nitrogens is 2. The smallest absolute Gasteiger partial charge is 0.276 e. The number of carbonyl (C=O) groups excluding carboxylic acids is 1. The molecule has 1 atom stereocenters. The maximum atomic E-state index is 12.2. The van der Waals surface area contributed by atoms with E-state index in [0.717, 1.165) is 5.69 Å². The zero-order chi connectivity index (χ0) is 13.9. The molecule has 0 saturated carbocycles. The molecule has 18 heavy (non-hydrogen) atoms. The lowest BCUT2D eigenvalue weighted by atomic mass is 10.1. The Balaban J connectivity index is 2.90. The number of likely N-dealkylation sites (N-methyl/N-ethyl adjacent to an activating group) is 1. The maximum Gasteiger partial charge on any atom is 0.276 e. The molecule has 6 heteroatoms. The summed E-state index contributed by atoms with van der Waals surface area (Å²) in [6.45, 7) is 6.38. The number of nitrogens with zero attached hydrogens (tertiary/aromatic N) is 2. The predicted octanol–water partition coefficient (Wildman–Crippen LogP) is 1.22. The fourth-order valence-corrected chi connectivity index (χ4v) is 1.69. The quantitative estimate of drug-likeness (QED) is 0.827. The van der Waals surface area contributed by atoms with E-state index in [1.54, 1.807) is 19.1 Å². The van der Waals surface area contributed by atoms with Crippen LogP contribution in [0.3, 0.4) is 0 Å². The minimum atomic E-state index is -0.194. The number of anilines is 1. The first-order chi connectivity index (χ1) is 8.40. The van der Waals surface area contributed by atoms with E-state index in [1.165, 1.54) is 0 Å². The number of nitrogens with one attached hydrogen (secondary N) is 1. The molecule has 1 aromatic rings. The molecule has 0 bridgehead atoms. The van der Waals surface area contributed by atoms with Crippen molar-refractivity contribution in [3.63, 3.8) is 0 Å². The van der Waals surface area contributed by atoms with Gasteiger partial charge in [-0.15, -0.1) is 0 Å². The van der Waals surface area contributed by atoms with Crippen LogP contribution in [0.15, 0.2) is 0 Å². The molecule has 3 N–H and O–H groups in total. The van der Waals surface area contributed by atoms with Gasteiger partial charge in [0, 0.05) is 14.2 Å². The maximum absolute atomic E-state index is 12.2. The number of amides is 1.